The minimum atomic E-state index is -1.59. The van der Waals surface area contributed by atoms with E-state index in [0.29, 0.717) is 6.42 Å². The van der Waals surface area contributed by atoms with Crippen molar-refractivity contribution in [3.05, 3.63) is 12.2 Å². The van der Waals surface area contributed by atoms with Crippen LogP contribution in [0.4, 0.5) is 0 Å². The molecular weight excluding hydrogens is 652 g/mol. The zero-order valence-corrected chi connectivity index (χ0v) is 32.4. The third-order valence-electron chi connectivity index (χ3n) is 9.65. The van der Waals surface area contributed by atoms with E-state index in [1.165, 1.54) is 103 Å². The summed E-state index contributed by atoms with van der Waals surface area (Å²) in [5, 5.41) is 39.9. The van der Waals surface area contributed by atoms with Crippen molar-refractivity contribution in [3.8, 4) is 0 Å². The molecule has 0 saturated carbocycles. The Balaban J connectivity index is 2.29. The van der Waals surface area contributed by atoms with Crippen LogP contribution in [0.15, 0.2) is 12.2 Å². The lowest BCUT2D eigenvalue weighted by Gasteiger charge is -2.39. The van der Waals surface area contributed by atoms with Crippen molar-refractivity contribution in [3.63, 3.8) is 0 Å². The first-order chi connectivity index (χ1) is 24.8. The number of rotatable bonds is 34. The quantitative estimate of drug-likeness (QED) is 0.0291. The molecule has 300 valence electrons. The molecule has 6 unspecified atom stereocenters. The molecule has 1 aliphatic rings. The molecule has 0 bridgehead atoms. The van der Waals surface area contributed by atoms with E-state index >= 15 is 0 Å². The zero-order chi connectivity index (χ0) is 37.4. The number of carbonyl (C=O) groups is 2. The fourth-order valence-electron chi connectivity index (χ4n) is 6.30. The maximum Gasteiger partial charge on any atom is 0.306 e. The third-order valence-corrected chi connectivity index (χ3v) is 9.65. The number of hydrogen-bond donors (Lipinski definition) is 4. The van der Waals surface area contributed by atoms with Gasteiger partial charge in [0, 0.05) is 12.8 Å². The summed E-state index contributed by atoms with van der Waals surface area (Å²) >= 11 is 0. The molecule has 0 spiro atoms. The van der Waals surface area contributed by atoms with E-state index in [0.717, 1.165) is 44.9 Å². The first kappa shape index (κ1) is 47.5. The van der Waals surface area contributed by atoms with Crippen molar-refractivity contribution in [2.75, 3.05) is 19.8 Å². The number of unbranched alkanes of at least 4 members (excludes halogenated alkanes) is 21. The SMILES string of the molecule is CCCCCCCC/C=C\CCCCCCCCCCCC(=O)OC(COC(=O)CCCCCCCCC)COC1OC(CO)C(O)C(O)C1O. The van der Waals surface area contributed by atoms with Gasteiger partial charge in [0.15, 0.2) is 12.4 Å². The summed E-state index contributed by atoms with van der Waals surface area (Å²) in [6, 6.07) is 0. The first-order valence-electron chi connectivity index (χ1n) is 20.8. The van der Waals surface area contributed by atoms with Crippen LogP contribution in [0.2, 0.25) is 0 Å². The second-order valence-electron chi connectivity index (χ2n) is 14.4. The van der Waals surface area contributed by atoms with Gasteiger partial charge in [0.2, 0.25) is 0 Å². The van der Waals surface area contributed by atoms with Gasteiger partial charge in [0.25, 0.3) is 0 Å². The Kier molecular flexibility index (Phi) is 30.7. The molecule has 6 atom stereocenters. The largest absolute Gasteiger partial charge is 0.462 e. The van der Waals surface area contributed by atoms with Crippen LogP contribution in [-0.4, -0.2) is 89.0 Å². The van der Waals surface area contributed by atoms with Crippen LogP contribution in [0.1, 0.15) is 181 Å². The number of ether oxygens (including phenoxy) is 4. The average molecular weight is 729 g/mol. The average Bonchev–Trinajstić information content (AvgIpc) is 3.13. The fourth-order valence-corrected chi connectivity index (χ4v) is 6.30. The molecule has 0 aromatic rings. The van der Waals surface area contributed by atoms with E-state index < -0.39 is 49.4 Å². The molecule has 0 aromatic carbocycles. The van der Waals surface area contributed by atoms with Gasteiger partial charge in [-0.15, -0.1) is 0 Å². The maximum atomic E-state index is 12.7. The van der Waals surface area contributed by atoms with Crippen molar-refractivity contribution in [1.82, 2.24) is 0 Å². The summed E-state index contributed by atoms with van der Waals surface area (Å²) in [6.07, 6.45) is 25.3. The molecule has 51 heavy (non-hydrogen) atoms. The molecule has 1 saturated heterocycles. The van der Waals surface area contributed by atoms with Crippen molar-refractivity contribution < 1.29 is 49.0 Å². The van der Waals surface area contributed by atoms with Crippen LogP contribution in [0.5, 0.6) is 0 Å². The normalized spacial score (nSPS) is 21.3. The lowest BCUT2D eigenvalue weighted by atomic mass is 9.99. The Hall–Kier alpha value is -1.56. The highest BCUT2D eigenvalue weighted by Gasteiger charge is 2.44. The van der Waals surface area contributed by atoms with Crippen molar-refractivity contribution in [2.24, 2.45) is 0 Å². The van der Waals surface area contributed by atoms with Crippen LogP contribution < -0.4 is 0 Å². The molecule has 1 aliphatic heterocycles. The Morgan fingerprint density at radius 2 is 1.04 bits per heavy atom. The van der Waals surface area contributed by atoms with Gasteiger partial charge in [-0.1, -0.05) is 142 Å². The third kappa shape index (κ3) is 25.2. The number of allylic oxidation sites excluding steroid dienone is 2. The lowest BCUT2D eigenvalue weighted by Crippen LogP contribution is -2.59. The Bertz CT molecular complexity index is 850. The number of esters is 2. The van der Waals surface area contributed by atoms with Crippen molar-refractivity contribution in [2.45, 2.75) is 218 Å². The molecule has 0 aromatic heterocycles. The molecule has 0 radical (unpaired) electrons. The monoisotopic (exact) mass is 729 g/mol. The molecule has 1 heterocycles. The highest BCUT2D eigenvalue weighted by Crippen LogP contribution is 2.22. The maximum absolute atomic E-state index is 12.7. The van der Waals surface area contributed by atoms with Crippen LogP contribution >= 0.6 is 0 Å². The van der Waals surface area contributed by atoms with Gasteiger partial charge in [-0.25, -0.2) is 0 Å². The molecule has 10 heteroatoms. The van der Waals surface area contributed by atoms with Gasteiger partial charge in [-0.05, 0) is 38.5 Å². The highest BCUT2D eigenvalue weighted by molar-refractivity contribution is 5.70. The summed E-state index contributed by atoms with van der Waals surface area (Å²) in [5.74, 6) is -0.811. The summed E-state index contributed by atoms with van der Waals surface area (Å²) in [5.41, 5.74) is 0. The molecule has 1 fully saturated rings. The Morgan fingerprint density at radius 3 is 1.53 bits per heavy atom. The minimum Gasteiger partial charge on any atom is -0.462 e. The van der Waals surface area contributed by atoms with Crippen LogP contribution in [0, 0.1) is 0 Å². The summed E-state index contributed by atoms with van der Waals surface area (Å²) in [6.45, 7) is 3.37. The summed E-state index contributed by atoms with van der Waals surface area (Å²) in [7, 11) is 0. The summed E-state index contributed by atoms with van der Waals surface area (Å²) in [4.78, 5) is 25.1. The molecule has 1 rings (SSSR count). The number of aliphatic hydroxyl groups is 4. The summed E-state index contributed by atoms with van der Waals surface area (Å²) < 4.78 is 22.0. The van der Waals surface area contributed by atoms with Crippen molar-refractivity contribution in [1.29, 1.82) is 0 Å². The van der Waals surface area contributed by atoms with E-state index in [9.17, 15) is 30.0 Å². The van der Waals surface area contributed by atoms with Gasteiger partial charge < -0.3 is 39.4 Å². The highest BCUT2D eigenvalue weighted by atomic mass is 16.7. The fraction of sp³-hybridized carbons (Fsp3) is 0.902. The van der Waals surface area contributed by atoms with Gasteiger partial charge in [0.05, 0.1) is 13.2 Å². The van der Waals surface area contributed by atoms with Crippen LogP contribution in [0.25, 0.3) is 0 Å². The molecule has 0 amide bonds. The standard InChI is InChI=1S/C41H76O10/c1-3-5-7-9-11-12-13-14-15-16-17-18-19-20-21-22-24-26-28-30-37(44)50-34(32-48-36(43)29-27-25-23-10-8-6-4-2)33-49-41-40(47)39(46)38(45)35(31-42)51-41/h14-15,34-35,38-42,45-47H,3-13,16-33H2,1-2H3/b15-14-. The first-order valence-corrected chi connectivity index (χ1v) is 20.8. The Labute approximate surface area is 310 Å². The van der Waals surface area contributed by atoms with Crippen LogP contribution in [-0.2, 0) is 28.5 Å². The number of carbonyl (C=O) groups excluding carboxylic acids is 2. The molecular formula is C41H76O10. The van der Waals surface area contributed by atoms with E-state index in [-0.39, 0.29) is 32.0 Å². The molecule has 10 nitrogen and oxygen atoms in total. The van der Waals surface area contributed by atoms with Gasteiger partial charge in [0.1, 0.15) is 31.0 Å². The number of hydrogen-bond acceptors (Lipinski definition) is 10. The minimum absolute atomic E-state index is 0.214. The van der Waals surface area contributed by atoms with Crippen molar-refractivity contribution >= 4 is 11.9 Å². The molecule has 0 aliphatic carbocycles. The van der Waals surface area contributed by atoms with Crippen LogP contribution in [0.3, 0.4) is 0 Å². The van der Waals surface area contributed by atoms with E-state index in [4.69, 9.17) is 18.9 Å². The van der Waals surface area contributed by atoms with Gasteiger partial charge in [-0.3, -0.25) is 9.59 Å². The topological polar surface area (TPSA) is 152 Å². The molecule has 4 N–H and O–H groups in total. The van der Waals surface area contributed by atoms with Gasteiger partial charge >= 0.3 is 11.9 Å². The Morgan fingerprint density at radius 1 is 0.588 bits per heavy atom. The number of aliphatic hydroxyl groups excluding tert-OH is 4. The van der Waals surface area contributed by atoms with E-state index in [2.05, 4.69) is 26.0 Å². The predicted molar refractivity (Wildman–Crippen MR) is 201 cm³/mol. The second kappa shape index (κ2) is 33.0. The lowest BCUT2D eigenvalue weighted by molar-refractivity contribution is -0.305. The smallest absolute Gasteiger partial charge is 0.306 e. The predicted octanol–water partition coefficient (Wildman–Crippen LogP) is 8.00. The van der Waals surface area contributed by atoms with E-state index in [1.807, 2.05) is 0 Å². The second-order valence-corrected chi connectivity index (χ2v) is 14.4. The van der Waals surface area contributed by atoms with Gasteiger partial charge in [-0.2, -0.15) is 0 Å². The van der Waals surface area contributed by atoms with E-state index in [1.54, 1.807) is 0 Å². The zero-order valence-electron chi connectivity index (χ0n) is 32.4.